The molecule has 22 heavy (non-hydrogen) atoms. The van der Waals surface area contributed by atoms with Crippen LogP contribution in [0.4, 0.5) is 5.69 Å². The highest BCUT2D eigenvalue weighted by molar-refractivity contribution is 6.31. The summed E-state index contributed by atoms with van der Waals surface area (Å²) in [7, 11) is 0. The van der Waals surface area contributed by atoms with E-state index in [1.807, 2.05) is 37.3 Å². The molecule has 2 nitrogen and oxygen atoms in total. The number of hydrogen-bond acceptors (Lipinski definition) is 2. The van der Waals surface area contributed by atoms with Gasteiger partial charge in [0.05, 0.1) is 0 Å². The Hall–Kier alpha value is -2.06. The van der Waals surface area contributed by atoms with Crippen molar-refractivity contribution in [3.05, 3.63) is 76.0 Å². The zero-order chi connectivity index (χ0) is 15.7. The maximum absolute atomic E-state index is 12.4. The Morgan fingerprint density at radius 1 is 1.27 bits per heavy atom. The van der Waals surface area contributed by atoms with Crippen LogP contribution in [0, 0.1) is 6.92 Å². The second-order valence-corrected chi connectivity index (χ2v) is 6.23. The number of halogens is 1. The SMILES string of the molecule is C=C1Cc2cc(CC(=O)Cc3c(C)cccc3Cl)ccc2N1. The van der Waals surface area contributed by atoms with E-state index >= 15 is 0 Å². The molecule has 0 spiro atoms. The number of anilines is 1. The monoisotopic (exact) mass is 311 g/mol. The fourth-order valence-electron chi connectivity index (χ4n) is 2.87. The van der Waals surface area contributed by atoms with Gasteiger partial charge in [-0.1, -0.05) is 42.4 Å². The van der Waals surface area contributed by atoms with E-state index in [1.54, 1.807) is 0 Å². The van der Waals surface area contributed by atoms with E-state index in [0.717, 1.165) is 34.5 Å². The largest absolute Gasteiger partial charge is 0.359 e. The van der Waals surface area contributed by atoms with Gasteiger partial charge in [0.15, 0.2) is 0 Å². The summed E-state index contributed by atoms with van der Waals surface area (Å²) in [4.78, 5) is 12.4. The van der Waals surface area contributed by atoms with Crippen molar-refractivity contribution in [3.8, 4) is 0 Å². The summed E-state index contributed by atoms with van der Waals surface area (Å²) in [5, 5.41) is 3.91. The van der Waals surface area contributed by atoms with Crippen molar-refractivity contribution in [2.24, 2.45) is 0 Å². The molecule has 2 aromatic rings. The van der Waals surface area contributed by atoms with Gasteiger partial charge in [-0.2, -0.15) is 0 Å². The van der Waals surface area contributed by atoms with E-state index < -0.39 is 0 Å². The molecule has 1 aliphatic heterocycles. The van der Waals surface area contributed by atoms with Gasteiger partial charge in [0.1, 0.15) is 5.78 Å². The zero-order valence-corrected chi connectivity index (χ0v) is 13.3. The van der Waals surface area contributed by atoms with Gasteiger partial charge >= 0.3 is 0 Å². The molecule has 1 N–H and O–H groups in total. The van der Waals surface area contributed by atoms with E-state index in [0.29, 0.717) is 17.9 Å². The minimum atomic E-state index is 0.181. The summed E-state index contributed by atoms with van der Waals surface area (Å²) in [5.41, 5.74) is 6.36. The van der Waals surface area contributed by atoms with E-state index in [4.69, 9.17) is 11.6 Å². The second-order valence-electron chi connectivity index (χ2n) is 5.82. The number of carbonyl (C=O) groups is 1. The lowest BCUT2D eigenvalue weighted by Crippen LogP contribution is -2.08. The first kappa shape index (κ1) is 14.9. The molecule has 1 aliphatic rings. The number of allylic oxidation sites excluding steroid dienone is 1. The number of ketones is 1. The van der Waals surface area contributed by atoms with Gasteiger partial charge in [0.2, 0.25) is 0 Å². The van der Waals surface area contributed by atoms with Crippen molar-refractivity contribution >= 4 is 23.1 Å². The molecule has 3 rings (SSSR count). The van der Waals surface area contributed by atoms with E-state index in [2.05, 4.69) is 18.0 Å². The van der Waals surface area contributed by atoms with Crippen LogP contribution in [-0.4, -0.2) is 5.78 Å². The molecular formula is C19H18ClNO. The maximum Gasteiger partial charge on any atom is 0.141 e. The van der Waals surface area contributed by atoms with Crippen LogP contribution in [0.1, 0.15) is 22.3 Å². The summed E-state index contributed by atoms with van der Waals surface area (Å²) in [6.45, 7) is 5.93. The van der Waals surface area contributed by atoms with Gasteiger partial charge in [-0.3, -0.25) is 4.79 Å². The molecule has 0 fully saturated rings. The third kappa shape index (κ3) is 3.07. The molecular weight excluding hydrogens is 294 g/mol. The fraction of sp³-hybridized carbons (Fsp3) is 0.211. The van der Waals surface area contributed by atoms with Crippen molar-refractivity contribution in [1.29, 1.82) is 0 Å². The van der Waals surface area contributed by atoms with Crippen LogP contribution in [-0.2, 0) is 24.1 Å². The Balaban J connectivity index is 1.73. The molecule has 1 heterocycles. The first-order valence-corrected chi connectivity index (χ1v) is 7.73. The lowest BCUT2D eigenvalue weighted by atomic mass is 9.98. The second kappa shape index (κ2) is 5.98. The van der Waals surface area contributed by atoms with Gasteiger partial charge in [0, 0.05) is 35.7 Å². The Kier molecular flexibility index (Phi) is 4.04. The number of nitrogens with one attached hydrogen (secondary N) is 1. The molecule has 0 aromatic heterocycles. The van der Waals surface area contributed by atoms with Crippen LogP contribution in [0.5, 0.6) is 0 Å². The highest BCUT2D eigenvalue weighted by atomic mass is 35.5. The van der Waals surface area contributed by atoms with Crippen molar-refractivity contribution in [3.63, 3.8) is 0 Å². The minimum absolute atomic E-state index is 0.181. The highest BCUT2D eigenvalue weighted by Gasteiger charge is 2.15. The summed E-state index contributed by atoms with van der Waals surface area (Å²) < 4.78 is 0. The Labute approximate surface area is 135 Å². The summed E-state index contributed by atoms with van der Waals surface area (Å²) in [6.07, 6.45) is 1.65. The number of fused-ring (bicyclic) bond motifs is 1. The molecule has 0 radical (unpaired) electrons. The number of hydrogen-bond donors (Lipinski definition) is 1. The van der Waals surface area contributed by atoms with Crippen LogP contribution in [0.2, 0.25) is 5.02 Å². The van der Waals surface area contributed by atoms with Crippen LogP contribution in [0.3, 0.4) is 0 Å². The number of carbonyl (C=O) groups excluding carboxylic acids is 1. The van der Waals surface area contributed by atoms with Crippen LogP contribution >= 0.6 is 11.6 Å². The first-order valence-electron chi connectivity index (χ1n) is 7.35. The lowest BCUT2D eigenvalue weighted by molar-refractivity contribution is -0.117. The average molecular weight is 312 g/mol. The molecule has 0 aliphatic carbocycles. The predicted octanol–water partition coefficient (Wildman–Crippen LogP) is 4.48. The highest BCUT2D eigenvalue weighted by Crippen LogP contribution is 2.28. The molecule has 3 heteroatoms. The minimum Gasteiger partial charge on any atom is -0.359 e. The van der Waals surface area contributed by atoms with Gasteiger partial charge in [0.25, 0.3) is 0 Å². The molecule has 2 aromatic carbocycles. The fourth-order valence-corrected chi connectivity index (χ4v) is 3.16. The summed E-state index contributed by atoms with van der Waals surface area (Å²) in [5.74, 6) is 0.181. The number of rotatable bonds is 4. The quantitative estimate of drug-likeness (QED) is 0.901. The Morgan fingerprint density at radius 3 is 2.86 bits per heavy atom. The van der Waals surface area contributed by atoms with Crippen molar-refractivity contribution in [2.75, 3.05) is 5.32 Å². The average Bonchev–Trinajstić information content (AvgIpc) is 2.82. The predicted molar refractivity (Wildman–Crippen MR) is 91.5 cm³/mol. The molecule has 0 saturated carbocycles. The van der Waals surface area contributed by atoms with Crippen LogP contribution in [0.15, 0.2) is 48.7 Å². The van der Waals surface area contributed by atoms with Gasteiger partial charge in [-0.25, -0.2) is 0 Å². The van der Waals surface area contributed by atoms with Crippen LogP contribution in [0.25, 0.3) is 0 Å². The van der Waals surface area contributed by atoms with Crippen LogP contribution < -0.4 is 5.32 Å². The van der Waals surface area contributed by atoms with Crippen molar-refractivity contribution < 1.29 is 4.79 Å². The van der Waals surface area contributed by atoms with Crippen molar-refractivity contribution in [2.45, 2.75) is 26.2 Å². The summed E-state index contributed by atoms with van der Waals surface area (Å²) >= 11 is 6.20. The van der Waals surface area contributed by atoms with E-state index in [1.165, 1.54) is 5.56 Å². The Morgan fingerprint density at radius 2 is 2.09 bits per heavy atom. The van der Waals surface area contributed by atoms with Gasteiger partial charge in [-0.15, -0.1) is 0 Å². The molecule has 112 valence electrons. The number of aryl methyl sites for hydroxylation is 1. The number of benzene rings is 2. The maximum atomic E-state index is 12.4. The lowest BCUT2D eigenvalue weighted by Gasteiger charge is -2.08. The molecule has 0 amide bonds. The van der Waals surface area contributed by atoms with Gasteiger partial charge in [-0.05, 0) is 41.3 Å². The van der Waals surface area contributed by atoms with E-state index in [9.17, 15) is 4.79 Å². The molecule has 0 atom stereocenters. The number of Topliss-reactive ketones (excluding diaryl/α,β-unsaturated/α-hetero) is 1. The topological polar surface area (TPSA) is 29.1 Å². The van der Waals surface area contributed by atoms with Gasteiger partial charge < -0.3 is 5.32 Å². The standard InChI is InChI=1S/C19H18ClNO/c1-12-4-3-5-18(20)17(12)11-16(22)10-14-6-7-19-15(9-14)8-13(2)21-19/h3-7,9,21H,2,8,10-11H2,1H3. The smallest absolute Gasteiger partial charge is 0.141 e. The third-order valence-corrected chi connectivity index (χ3v) is 4.37. The summed E-state index contributed by atoms with van der Waals surface area (Å²) in [6, 6.07) is 11.9. The molecule has 0 unspecified atom stereocenters. The Bertz CT molecular complexity index is 744. The third-order valence-electron chi connectivity index (χ3n) is 4.01. The molecule has 0 bridgehead atoms. The molecule has 0 saturated heterocycles. The normalized spacial score (nSPS) is 12.9. The van der Waals surface area contributed by atoms with Crippen molar-refractivity contribution in [1.82, 2.24) is 0 Å². The first-order chi connectivity index (χ1) is 10.5. The zero-order valence-electron chi connectivity index (χ0n) is 12.6. The van der Waals surface area contributed by atoms with E-state index in [-0.39, 0.29) is 5.78 Å².